The van der Waals surface area contributed by atoms with Gasteiger partial charge in [0.05, 0.1) is 25.9 Å². The third-order valence-corrected chi connectivity index (χ3v) is 19.1. The molecule has 4 saturated carbocycles. The Labute approximate surface area is 385 Å². The second kappa shape index (κ2) is 17.5. The van der Waals surface area contributed by atoms with Crippen LogP contribution in [0.25, 0.3) is 0 Å². The number of hydrogen-bond donors (Lipinski definition) is 11. The molecule has 8 aliphatic rings. The number of carboxylic acid groups (broad SMARTS) is 1. The highest BCUT2D eigenvalue weighted by molar-refractivity contribution is 5.91. The van der Waals surface area contributed by atoms with Crippen LogP contribution >= 0.6 is 0 Å². The summed E-state index contributed by atoms with van der Waals surface area (Å²) >= 11 is 0. The quantitative estimate of drug-likeness (QED) is 0.103. The predicted molar refractivity (Wildman–Crippen MR) is 226 cm³/mol. The number of fused-ring (bicyclic) bond motifs is 7. The molecule has 3 aliphatic heterocycles. The molecule has 376 valence electrons. The van der Waals surface area contributed by atoms with Crippen molar-refractivity contribution in [3.63, 3.8) is 0 Å². The van der Waals surface area contributed by atoms with Crippen molar-refractivity contribution in [3.8, 4) is 0 Å². The first-order chi connectivity index (χ1) is 30.7. The Bertz CT molecular complexity index is 1860. The number of Topliss-reactive ketones (excluding diaryl/α,β-unsaturated/α-hetero) is 1. The molecule has 24 atom stereocenters. The van der Waals surface area contributed by atoms with E-state index in [0.717, 1.165) is 19.3 Å². The number of rotatable bonds is 9. The maximum Gasteiger partial charge on any atom is 0.335 e. The van der Waals surface area contributed by atoms with Crippen LogP contribution in [0.1, 0.15) is 99.8 Å². The summed E-state index contributed by atoms with van der Waals surface area (Å²) in [4.78, 5) is 27.1. The van der Waals surface area contributed by atoms with E-state index in [9.17, 15) is 65.8 Å². The molecule has 3 saturated heterocycles. The van der Waals surface area contributed by atoms with E-state index in [1.807, 2.05) is 27.7 Å². The van der Waals surface area contributed by atoms with Crippen molar-refractivity contribution >= 4 is 11.8 Å². The third-order valence-electron chi connectivity index (χ3n) is 19.1. The number of carbonyl (C=O) groups excluding carboxylic acids is 1. The Kier molecular flexibility index (Phi) is 13.4. The van der Waals surface area contributed by atoms with Crippen LogP contribution in [-0.4, -0.2) is 186 Å². The Morgan fingerprint density at radius 1 is 0.727 bits per heavy atom. The molecule has 11 N–H and O–H groups in total. The fourth-order valence-electron chi connectivity index (χ4n) is 14.7. The summed E-state index contributed by atoms with van der Waals surface area (Å²) < 4.78 is 35.7. The minimum Gasteiger partial charge on any atom is -0.479 e. The lowest BCUT2D eigenvalue weighted by molar-refractivity contribution is -0.367. The second-order valence-electron chi connectivity index (χ2n) is 23.0. The van der Waals surface area contributed by atoms with Gasteiger partial charge < -0.3 is 84.6 Å². The molecule has 0 bridgehead atoms. The fraction of sp³-hybridized carbons (Fsp3) is 0.915. The molecule has 19 nitrogen and oxygen atoms in total. The maximum absolute atomic E-state index is 14.9. The lowest BCUT2D eigenvalue weighted by Gasteiger charge is -2.71. The van der Waals surface area contributed by atoms with E-state index >= 15 is 0 Å². The number of ether oxygens (including phenoxy) is 6. The Balaban J connectivity index is 1.04. The van der Waals surface area contributed by atoms with Crippen LogP contribution in [0.2, 0.25) is 0 Å². The molecule has 8 rings (SSSR count). The zero-order valence-electron chi connectivity index (χ0n) is 39.0. The van der Waals surface area contributed by atoms with Crippen molar-refractivity contribution in [2.75, 3.05) is 19.8 Å². The van der Waals surface area contributed by atoms with E-state index < -0.39 is 134 Å². The Hall–Kier alpha value is -1.76. The van der Waals surface area contributed by atoms with Gasteiger partial charge in [-0.15, -0.1) is 0 Å². The van der Waals surface area contributed by atoms with Gasteiger partial charge in [-0.1, -0.05) is 60.1 Å². The average molecular weight is 943 g/mol. The van der Waals surface area contributed by atoms with E-state index in [0.29, 0.717) is 32.1 Å². The number of allylic oxidation sites excluding steroid dienone is 2. The monoisotopic (exact) mass is 942 g/mol. The minimum absolute atomic E-state index is 0.108. The van der Waals surface area contributed by atoms with Crippen LogP contribution in [0.5, 0.6) is 0 Å². The van der Waals surface area contributed by atoms with E-state index in [2.05, 4.69) is 26.8 Å². The van der Waals surface area contributed by atoms with Crippen LogP contribution in [0.15, 0.2) is 11.6 Å². The first-order valence-corrected chi connectivity index (χ1v) is 23.8. The van der Waals surface area contributed by atoms with Crippen molar-refractivity contribution < 1.29 is 94.2 Å². The Morgan fingerprint density at radius 3 is 2.06 bits per heavy atom. The molecule has 5 aliphatic carbocycles. The third kappa shape index (κ3) is 7.52. The van der Waals surface area contributed by atoms with Crippen LogP contribution in [0.4, 0.5) is 0 Å². The highest BCUT2D eigenvalue weighted by Crippen LogP contribution is 2.75. The zero-order valence-corrected chi connectivity index (χ0v) is 39.0. The standard InChI is InChI=1S/C47H74O19/c1-42(2)16-21-20-8-9-25-44(4)12-11-26(63-41-35(31(55)30(54)34(64-41)38(59)60)65-39-32(56)27(51)22(50)18-61-39)45(5,19-49)24(44)10-13-47(25,7)46(20,6)15-14-43(21,3)36(58)37(42)66-40-33(57)29(53)28(52)23(17-48)62-40/h8,21-35,37,39-41,48-57H,9-19H2,1-7H3,(H,59,60). The molecular formula is C47H74O19. The molecule has 0 aromatic heterocycles. The topological polar surface area (TPSA) is 312 Å². The highest BCUT2D eigenvalue weighted by atomic mass is 16.8. The molecule has 3 heterocycles. The fourth-order valence-corrected chi connectivity index (χ4v) is 14.7. The first kappa shape index (κ1) is 50.6. The molecule has 7 fully saturated rings. The van der Waals surface area contributed by atoms with Crippen molar-refractivity contribution in [1.82, 2.24) is 0 Å². The smallest absolute Gasteiger partial charge is 0.335 e. The summed E-state index contributed by atoms with van der Waals surface area (Å²) in [5, 5.41) is 116. The van der Waals surface area contributed by atoms with E-state index in [1.54, 1.807) is 0 Å². The van der Waals surface area contributed by atoms with E-state index in [1.165, 1.54) is 5.57 Å². The first-order valence-electron chi connectivity index (χ1n) is 23.8. The summed E-state index contributed by atoms with van der Waals surface area (Å²) in [6.07, 6.45) is -17.2. The summed E-state index contributed by atoms with van der Waals surface area (Å²) in [5.41, 5.74) is -2.09. The van der Waals surface area contributed by atoms with Gasteiger partial charge in [0.25, 0.3) is 0 Å². The second-order valence-corrected chi connectivity index (χ2v) is 23.0. The zero-order chi connectivity index (χ0) is 48.4. The molecule has 0 aromatic carbocycles. The summed E-state index contributed by atoms with van der Waals surface area (Å²) in [6.45, 7) is 13.5. The number of ketones is 1. The molecule has 0 radical (unpaired) electrons. The number of carbonyl (C=O) groups is 2. The van der Waals surface area contributed by atoms with Crippen molar-refractivity contribution in [2.24, 2.45) is 50.2 Å². The molecular weight excluding hydrogens is 868 g/mol. The highest BCUT2D eigenvalue weighted by Gasteiger charge is 2.71. The SMILES string of the molecule is CC1(C)CC2C3=CCC4C5(C)CCC(OC6OC(C(=O)O)C(O)C(O)C6OC6OCC(O)C(O)C6O)C(C)(CO)C5CCC4(C)C3(C)CCC2(C)C(=O)C1OC1OC(CO)C(O)C(O)C1O. The number of aliphatic carboxylic acids is 1. The molecule has 0 amide bonds. The van der Waals surface area contributed by atoms with Crippen LogP contribution in [0.3, 0.4) is 0 Å². The van der Waals surface area contributed by atoms with Gasteiger partial charge >= 0.3 is 5.97 Å². The van der Waals surface area contributed by atoms with Crippen molar-refractivity contribution in [1.29, 1.82) is 0 Å². The largest absolute Gasteiger partial charge is 0.479 e. The molecule has 24 unspecified atom stereocenters. The van der Waals surface area contributed by atoms with Gasteiger partial charge in [0.15, 0.2) is 30.8 Å². The van der Waals surface area contributed by atoms with Gasteiger partial charge in [-0.2, -0.15) is 0 Å². The van der Waals surface area contributed by atoms with Gasteiger partial charge in [-0.3, -0.25) is 4.79 Å². The molecule has 66 heavy (non-hydrogen) atoms. The van der Waals surface area contributed by atoms with E-state index in [-0.39, 0.29) is 46.4 Å². The van der Waals surface area contributed by atoms with Crippen LogP contribution < -0.4 is 0 Å². The number of carboxylic acids is 1. The summed E-state index contributed by atoms with van der Waals surface area (Å²) in [7, 11) is 0. The Morgan fingerprint density at radius 2 is 1.41 bits per heavy atom. The number of hydrogen-bond acceptors (Lipinski definition) is 18. The number of aliphatic hydroxyl groups excluding tert-OH is 10. The van der Waals surface area contributed by atoms with Crippen molar-refractivity contribution in [2.45, 2.75) is 198 Å². The summed E-state index contributed by atoms with van der Waals surface area (Å²) in [5.74, 6) is -1.76. The molecule has 0 spiro atoms. The normalized spacial score (nSPS) is 54.8. The number of aliphatic hydroxyl groups is 10. The predicted octanol–water partition coefficient (Wildman–Crippen LogP) is -0.505. The van der Waals surface area contributed by atoms with E-state index in [4.69, 9.17) is 28.4 Å². The van der Waals surface area contributed by atoms with Gasteiger partial charge in [0.1, 0.15) is 67.1 Å². The van der Waals surface area contributed by atoms with Crippen molar-refractivity contribution in [3.05, 3.63) is 11.6 Å². The van der Waals surface area contributed by atoms with Gasteiger partial charge in [-0.05, 0) is 90.8 Å². The molecule has 0 aromatic rings. The lowest BCUT2D eigenvalue weighted by atomic mass is 9.33. The van der Waals surface area contributed by atoms with Crippen LogP contribution in [-0.2, 0) is 38.0 Å². The van der Waals surface area contributed by atoms with Gasteiger partial charge in [0, 0.05) is 10.8 Å². The van der Waals surface area contributed by atoms with Gasteiger partial charge in [-0.25, -0.2) is 4.79 Å². The van der Waals surface area contributed by atoms with Crippen LogP contribution in [0, 0.1) is 50.2 Å². The minimum atomic E-state index is -1.97. The summed E-state index contributed by atoms with van der Waals surface area (Å²) in [6, 6.07) is 0. The molecule has 19 heteroatoms. The maximum atomic E-state index is 14.9. The average Bonchev–Trinajstić information content (AvgIpc) is 3.26. The van der Waals surface area contributed by atoms with Gasteiger partial charge in [0.2, 0.25) is 0 Å². The lowest BCUT2D eigenvalue weighted by Crippen LogP contribution is -2.68.